The van der Waals surface area contributed by atoms with E-state index >= 15 is 0 Å². The fourth-order valence-corrected chi connectivity index (χ4v) is 13.3. The van der Waals surface area contributed by atoms with Crippen LogP contribution in [0.5, 0.6) is 0 Å². The van der Waals surface area contributed by atoms with Gasteiger partial charge in [-0.25, -0.2) is 0 Å². The SMILES string of the molecule is c1ccc2c(c1)-c1ccccc1C21c2ccccc2-c2cc3c(-c4cc5cccc6ccc7cccc4c7c65)c4ccccc4c(-c4cc5cccc6ccc7cccc4c7c65)c3cc21. The maximum atomic E-state index is 2.65. The largest absolute Gasteiger partial charge is 0.0725 e. The van der Waals surface area contributed by atoms with Crippen LogP contribution in [0.2, 0.25) is 0 Å². The molecule has 65 heavy (non-hydrogen) atoms. The minimum absolute atomic E-state index is 0.472. The number of hydrogen-bond acceptors (Lipinski definition) is 0. The second-order valence-electron chi connectivity index (χ2n) is 18.6. The molecule has 14 aromatic rings. The number of rotatable bonds is 2. The zero-order chi connectivity index (χ0) is 42.1. The normalized spacial score (nSPS) is 13.7. The molecule has 0 heterocycles. The summed E-state index contributed by atoms with van der Waals surface area (Å²) < 4.78 is 0. The van der Waals surface area contributed by atoms with Crippen LogP contribution in [0.3, 0.4) is 0 Å². The number of benzene rings is 14. The molecule has 0 radical (unpaired) electrons. The van der Waals surface area contributed by atoms with Gasteiger partial charge in [-0.15, -0.1) is 0 Å². The Morgan fingerprint density at radius 2 is 0.569 bits per heavy atom. The van der Waals surface area contributed by atoms with Crippen LogP contribution < -0.4 is 0 Å². The summed E-state index contributed by atoms with van der Waals surface area (Å²) in [7, 11) is 0. The van der Waals surface area contributed by atoms with Gasteiger partial charge in [0.05, 0.1) is 5.41 Å². The van der Waals surface area contributed by atoms with Crippen molar-refractivity contribution in [2.75, 3.05) is 0 Å². The summed E-state index contributed by atoms with van der Waals surface area (Å²) >= 11 is 0. The van der Waals surface area contributed by atoms with Gasteiger partial charge in [-0.05, 0) is 177 Å². The van der Waals surface area contributed by atoms with Crippen LogP contribution in [-0.2, 0) is 5.41 Å². The number of hydrogen-bond donors (Lipinski definition) is 0. The van der Waals surface area contributed by atoms with Crippen molar-refractivity contribution in [1.82, 2.24) is 0 Å². The molecule has 296 valence electrons. The maximum absolute atomic E-state index is 2.65. The quantitative estimate of drug-likeness (QED) is 0.120. The highest BCUT2D eigenvalue weighted by Gasteiger charge is 2.51. The van der Waals surface area contributed by atoms with Crippen LogP contribution in [0.15, 0.2) is 218 Å². The molecule has 0 atom stereocenters. The van der Waals surface area contributed by atoms with Crippen molar-refractivity contribution < 1.29 is 0 Å². The average molecular weight is 817 g/mol. The van der Waals surface area contributed by atoms with Gasteiger partial charge >= 0.3 is 0 Å². The summed E-state index contributed by atoms with van der Waals surface area (Å²) in [5.74, 6) is 0. The summed E-state index contributed by atoms with van der Waals surface area (Å²) in [4.78, 5) is 0. The predicted molar refractivity (Wildman–Crippen MR) is 276 cm³/mol. The highest BCUT2D eigenvalue weighted by atomic mass is 14.5. The molecule has 0 bridgehead atoms. The van der Waals surface area contributed by atoms with Gasteiger partial charge < -0.3 is 0 Å². The van der Waals surface area contributed by atoms with Crippen molar-refractivity contribution in [2.45, 2.75) is 5.41 Å². The van der Waals surface area contributed by atoms with E-state index in [1.807, 2.05) is 0 Å². The third kappa shape index (κ3) is 4.11. The second-order valence-corrected chi connectivity index (χ2v) is 18.6. The molecule has 2 aliphatic carbocycles. The minimum atomic E-state index is -0.472. The third-order valence-electron chi connectivity index (χ3n) is 15.7. The molecule has 16 rings (SSSR count). The van der Waals surface area contributed by atoms with Gasteiger partial charge in [0.2, 0.25) is 0 Å². The Morgan fingerprint density at radius 3 is 1.06 bits per heavy atom. The Hall–Kier alpha value is -8.32. The minimum Gasteiger partial charge on any atom is -0.0619 e. The smallest absolute Gasteiger partial charge is 0.0619 e. The average Bonchev–Trinajstić information content (AvgIpc) is 3.83. The van der Waals surface area contributed by atoms with Gasteiger partial charge in [-0.2, -0.15) is 0 Å². The van der Waals surface area contributed by atoms with Crippen molar-refractivity contribution in [2.24, 2.45) is 0 Å². The first-order chi connectivity index (χ1) is 32.3. The summed E-state index contributed by atoms with van der Waals surface area (Å²) in [5, 5.41) is 20.8. The maximum Gasteiger partial charge on any atom is 0.0725 e. The fourth-order valence-electron chi connectivity index (χ4n) is 13.3. The molecule has 0 amide bonds. The van der Waals surface area contributed by atoms with Crippen molar-refractivity contribution in [3.63, 3.8) is 0 Å². The van der Waals surface area contributed by atoms with E-state index in [1.54, 1.807) is 0 Å². The topological polar surface area (TPSA) is 0 Å². The standard InChI is InChI=1S/C65H36/c1-2-23-47-46(22-1)63(51-33-41-17-9-13-37-29-31-39-15-11-24-48(51)61(39)59(37)41)53-35-50-45-21-5-8-28-57(45)65(55-26-6-3-19-43(55)44-20-4-7-27-56(44)65)58(50)36-54(53)64(47)52-34-42-18-10-14-38-30-32-40-16-12-25-49(52)62(40)60(38)42/h1-36H. The third-order valence-corrected chi connectivity index (χ3v) is 15.7. The molecule has 0 saturated heterocycles. The molecule has 0 fully saturated rings. The summed E-state index contributed by atoms with van der Waals surface area (Å²) in [5.41, 5.74) is 15.4. The van der Waals surface area contributed by atoms with E-state index in [9.17, 15) is 0 Å². The van der Waals surface area contributed by atoms with Crippen molar-refractivity contribution in [1.29, 1.82) is 0 Å². The van der Waals surface area contributed by atoms with E-state index in [0.717, 1.165) is 0 Å². The van der Waals surface area contributed by atoms with Crippen LogP contribution >= 0.6 is 0 Å². The molecule has 0 aliphatic heterocycles. The molecule has 2 aliphatic rings. The molecule has 14 aromatic carbocycles. The monoisotopic (exact) mass is 816 g/mol. The Labute approximate surface area is 374 Å². The van der Waals surface area contributed by atoms with Gasteiger partial charge in [-0.1, -0.05) is 194 Å². The predicted octanol–water partition coefficient (Wildman–Crippen LogP) is 17.5. The molecule has 0 saturated carbocycles. The molecular weight excluding hydrogens is 781 g/mol. The lowest BCUT2D eigenvalue weighted by Crippen LogP contribution is -2.25. The molecular formula is C65H36. The Bertz CT molecular complexity index is 4370. The first-order valence-electron chi connectivity index (χ1n) is 22.9. The van der Waals surface area contributed by atoms with Gasteiger partial charge in [0.1, 0.15) is 0 Å². The second kappa shape index (κ2) is 12.0. The molecule has 0 aromatic heterocycles. The zero-order valence-corrected chi connectivity index (χ0v) is 35.3. The van der Waals surface area contributed by atoms with Gasteiger partial charge in [-0.3, -0.25) is 0 Å². The molecule has 0 unspecified atom stereocenters. The lowest BCUT2D eigenvalue weighted by Gasteiger charge is -2.31. The van der Waals surface area contributed by atoms with Crippen LogP contribution in [0.25, 0.3) is 131 Å². The molecule has 0 nitrogen and oxygen atoms in total. The van der Waals surface area contributed by atoms with Gasteiger partial charge in [0.15, 0.2) is 0 Å². The van der Waals surface area contributed by atoms with E-state index < -0.39 is 5.41 Å². The Balaban J connectivity index is 1.15. The van der Waals surface area contributed by atoms with Crippen molar-refractivity contribution in [3.05, 3.63) is 241 Å². The van der Waals surface area contributed by atoms with E-state index in [4.69, 9.17) is 0 Å². The van der Waals surface area contributed by atoms with E-state index in [2.05, 4.69) is 218 Å². The summed E-state index contributed by atoms with van der Waals surface area (Å²) in [6.07, 6.45) is 0. The van der Waals surface area contributed by atoms with Gasteiger partial charge in [0.25, 0.3) is 0 Å². The number of fused-ring (bicyclic) bond motifs is 12. The van der Waals surface area contributed by atoms with Crippen LogP contribution in [0.1, 0.15) is 22.3 Å². The lowest BCUT2D eigenvalue weighted by molar-refractivity contribution is 0.795. The molecule has 0 heteroatoms. The Kier molecular flexibility index (Phi) is 6.33. The van der Waals surface area contributed by atoms with Gasteiger partial charge in [0, 0.05) is 0 Å². The molecule has 1 spiro atoms. The fraction of sp³-hybridized carbons (Fsp3) is 0.0154. The van der Waals surface area contributed by atoms with E-state index in [1.165, 1.54) is 153 Å². The first kappa shape index (κ1) is 34.2. The summed E-state index contributed by atoms with van der Waals surface area (Å²) in [6, 6.07) is 83.8. The highest BCUT2D eigenvalue weighted by Crippen LogP contribution is 2.64. The molecule has 0 N–H and O–H groups in total. The van der Waals surface area contributed by atoms with E-state index in [0.29, 0.717) is 0 Å². The van der Waals surface area contributed by atoms with Crippen molar-refractivity contribution in [3.8, 4) is 44.5 Å². The first-order valence-corrected chi connectivity index (χ1v) is 22.9. The summed E-state index contributed by atoms with van der Waals surface area (Å²) in [6.45, 7) is 0. The van der Waals surface area contributed by atoms with Crippen LogP contribution in [-0.4, -0.2) is 0 Å². The highest BCUT2D eigenvalue weighted by molar-refractivity contribution is 6.33. The Morgan fingerprint density at radius 1 is 0.200 bits per heavy atom. The zero-order valence-electron chi connectivity index (χ0n) is 35.3. The van der Waals surface area contributed by atoms with Crippen LogP contribution in [0, 0.1) is 0 Å². The van der Waals surface area contributed by atoms with Crippen LogP contribution in [0.4, 0.5) is 0 Å². The van der Waals surface area contributed by atoms with Crippen molar-refractivity contribution >= 4 is 86.2 Å². The lowest BCUT2D eigenvalue weighted by atomic mass is 9.70. The van der Waals surface area contributed by atoms with E-state index in [-0.39, 0.29) is 0 Å².